The van der Waals surface area contributed by atoms with Gasteiger partial charge in [-0.15, -0.1) is 0 Å². The lowest BCUT2D eigenvalue weighted by molar-refractivity contribution is 0.0991. The number of methoxy groups -OCH3 is 1. The summed E-state index contributed by atoms with van der Waals surface area (Å²) in [5, 5.41) is 1.89. The Bertz CT molecular complexity index is 1660. The second kappa shape index (κ2) is 10.1. The number of rotatable bonds is 4. The summed E-state index contributed by atoms with van der Waals surface area (Å²) in [4.78, 5) is 32.9. The van der Waals surface area contributed by atoms with Gasteiger partial charge in [0.05, 0.1) is 12.8 Å². The Hall–Kier alpha value is -4.10. The van der Waals surface area contributed by atoms with Crippen LogP contribution < -0.4 is 20.1 Å². The van der Waals surface area contributed by atoms with Gasteiger partial charge in [0.25, 0.3) is 5.91 Å². The van der Waals surface area contributed by atoms with Gasteiger partial charge in [-0.2, -0.15) is 0 Å². The van der Waals surface area contributed by atoms with Crippen LogP contribution in [-0.2, 0) is 13.5 Å². The van der Waals surface area contributed by atoms with E-state index in [1.165, 1.54) is 0 Å². The van der Waals surface area contributed by atoms with E-state index in [0.717, 1.165) is 64.1 Å². The number of likely N-dealkylation sites (N-methyl/N-ethyl adjacent to an activating group) is 1. The molecule has 1 fully saturated rings. The second-order valence-electron chi connectivity index (χ2n) is 11.2. The highest BCUT2D eigenvalue weighted by atomic mass is 16.5. The number of piperazine rings is 1. The van der Waals surface area contributed by atoms with E-state index < -0.39 is 0 Å². The van der Waals surface area contributed by atoms with Crippen molar-refractivity contribution in [3.05, 3.63) is 88.3 Å². The van der Waals surface area contributed by atoms with E-state index in [1.54, 1.807) is 24.8 Å². The highest BCUT2D eigenvalue weighted by Crippen LogP contribution is 2.41. The molecule has 7 heteroatoms. The van der Waals surface area contributed by atoms with Crippen LogP contribution in [0.3, 0.4) is 0 Å². The first-order valence-corrected chi connectivity index (χ1v) is 13.9. The molecular weight excluding hydrogens is 500 g/mol. The number of hydrogen-bond acceptors (Lipinski definition) is 5. The number of fused-ring (bicyclic) bond motifs is 2. The molecular formula is C33H36N4O3. The van der Waals surface area contributed by atoms with Gasteiger partial charge in [-0.3, -0.25) is 14.5 Å². The molecule has 6 rings (SSSR count). The van der Waals surface area contributed by atoms with Gasteiger partial charge in [-0.1, -0.05) is 30.3 Å². The Morgan fingerprint density at radius 2 is 1.62 bits per heavy atom. The van der Waals surface area contributed by atoms with Gasteiger partial charge in [0.2, 0.25) is 5.56 Å². The topological polar surface area (TPSA) is 58.0 Å². The van der Waals surface area contributed by atoms with Gasteiger partial charge in [-0.05, 0) is 79.0 Å². The normalized spacial score (nSPS) is 19.2. The molecule has 0 bridgehead atoms. The molecule has 0 aliphatic carbocycles. The fraction of sp³-hybridized carbons (Fsp3) is 0.333. The van der Waals surface area contributed by atoms with Crippen LogP contribution in [0, 0.1) is 0 Å². The predicted molar refractivity (Wildman–Crippen MR) is 162 cm³/mol. The molecule has 4 aromatic rings. The summed E-state index contributed by atoms with van der Waals surface area (Å²) >= 11 is 0. The van der Waals surface area contributed by atoms with Crippen molar-refractivity contribution in [3.63, 3.8) is 0 Å². The summed E-state index contributed by atoms with van der Waals surface area (Å²) in [7, 11) is 5.66. The summed E-state index contributed by atoms with van der Waals surface area (Å²) < 4.78 is 7.43. The Balaban J connectivity index is 1.40. The van der Waals surface area contributed by atoms with Crippen molar-refractivity contribution < 1.29 is 9.53 Å². The van der Waals surface area contributed by atoms with Crippen molar-refractivity contribution in [2.45, 2.75) is 32.4 Å². The lowest BCUT2D eigenvalue weighted by Crippen LogP contribution is -2.55. The predicted octanol–water partition coefficient (Wildman–Crippen LogP) is 4.95. The highest BCUT2D eigenvalue weighted by Gasteiger charge is 2.32. The molecule has 206 valence electrons. The minimum atomic E-state index is -0.0518. The first-order valence-electron chi connectivity index (χ1n) is 13.9. The van der Waals surface area contributed by atoms with Gasteiger partial charge in [0, 0.05) is 62.3 Å². The molecule has 1 amide bonds. The summed E-state index contributed by atoms with van der Waals surface area (Å²) in [5.74, 6) is 0.863. The van der Waals surface area contributed by atoms with E-state index >= 15 is 0 Å². The van der Waals surface area contributed by atoms with Crippen LogP contribution in [0.2, 0.25) is 0 Å². The summed E-state index contributed by atoms with van der Waals surface area (Å²) in [6, 6.07) is 20.5. The largest absolute Gasteiger partial charge is 0.495 e. The summed E-state index contributed by atoms with van der Waals surface area (Å²) in [5.41, 5.74) is 5.70. The fourth-order valence-electron chi connectivity index (χ4n) is 6.26. The van der Waals surface area contributed by atoms with Crippen molar-refractivity contribution in [3.8, 4) is 16.9 Å². The number of ether oxygens (including phenoxy) is 1. The van der Waals surface area contributed by atoms with Gasteiger partial charge in [-0.25, -0.2) is 0 Å². The minimum Gasteiger partial charge on any atom is -0.495 e. The van der Waals surface area contributed by atoms with Crippen LogP contribution in [0.4, 0.5) is 11.4 Å². The second-order valence-corrected chi connectivity index (χ2v) is 11.2. The van der Waals surface area contributed by atoms with Crippen LogP contribution >= 0.6 is 0 Å². The number of carbonyl (C=O) groups is 1. The van der Waals surface area contributed by atoms with E-state index in [9.17, 15) is 9.59 Å². The van der Waals surface area contributed by atoms with Crippen LogP contribution in [0.25, 0.3) is 21.9 Å². The van der Waals surface area contributed by atoms with Crippen LogP contribution in [-0.4, -0.2) is 61.2 Å². The Kier molecular flexibility index (Phi) is 6.62. The molecule has 3 heterocycles. The summed E-state index contributed by atoms with van der Waals surface area (Å²) in [6.07, 6.45) is 2.64. The highest BCUT2D eigenvalue weighted by molar-refractivity contribution is 6.17. The third-order valence-electron chi connectivity index (χ3n) is 8.77. The number of amides is 1. The number of hydrogen-bond donors (Lipinski definition) is 0. The number of aryl methyl sites for hydroxylation is 1. The molecule has 0 radical (unpaired) electrons. The number of anilines is 2. The lowest BCUT2D eigenvalue weighted by atomic mass is 9.95. The number of nitrogens with zero attached hydrogens (tertiary/aromatic N) is 4. The van der Waals surface area contributed by atoms with Crippen LogP contribution in [0.1, 0.15) is 29.8 Å². The van der Waals surface area contributed by atoms with E-state index in [2.05, 4.69) is 42.8 Å². The van der Waals surface area contributed by atoms with E-state index in [1.807, 2.05) is 53.6 Å². The molecule has 2 aliphatic heterocycles. The number of carbonyl (C=O) groups excluding carboxylic acids is 1. The van der Waals surface area contributed by atoms with Crippen LogP contribution in [0.15, 0.2) is 71.7 Å². The third kappa shape index (κ3) is 4.34. The van der Waals surface area contributed by atoms with E-state index in [0.29, 0.717) is 24.2 Å². The Labute approximate surface area is 235 Å². The minimum absolute atomic E-state index is 0.00167. The zero-order chi connectivity index (χ0) is 28.1. The van der Waals surface area contributed by atoms with Crippen molar-refractivity contribution in [2.24, 2.45) is 7.05 Å². The van der Waals surface area contributed by atoms with Gasteiger partial charge < -0.3 is 19.1 Å². The zero-order valence-corrected chi connectivity index (χ0v) is 23.8. The van der Waals surface area contributed by atoms with Gasteiger partial charge in [0.15, 0.2) is 0 Å². The number of benzene rings is 3. The molecule has 1 aromatic heterocycles. The third-order valence-corrected chi connectivity index (χ3v) is 8.77. The Morgan fingerprint density at radius 3 is 2.33 bits per heavy atom. The standard InChI is InChI=1S/C33H36N4O3/c1-21-18-36(19-22(2)35(21)4)30-17-29-23(16-31(30)40-5)14-15-37(29)33(39)28-12-11-25(26-8-6-7-9-27(26)28)24-10-13-32(38)34(3)20-24/h6-13,16-17,20-22H,14-15,18-19H2,1-5H3/t21-,22+. The molecule has 3 aromatic carbocycles. The average Bonchev–Trinajstić information content (AvgIpc) is 3.38. The SMILES string of the molecule is COc1cc2c(cc1N1C[C@@H](C)N(C)[C@@H](C)C1)N(C(=O)c1ccc(-c3ccc(=O)n(C)c3)c3ccccc13)CC2. The molecule has 7 nitrogen and oxygen atoms in total. The van der Waals surface area contributed by atoms with Crippen molar-refractivity contribution in [1.82, 2.24) is 9.47 Å². The Morgan fingerprint density at radius 1 is 0.900 bits per heavy atom. The number of pyridine rings is 1. The molecule has 40 heavy (non-hydrogen) atoms. The molecule has 2 aliphatic rings. The zero-order valence-electron chi connectivity index (χ0n) is 23.8. The molecule has 0 spiro atoms. The maximum Gasteiger partial charge on any atom is 0.258 e. The summed E-state index contributed by atoms with van der Waals surface area (Å²) in [6.45, 7) is 6.94. The lowest BCUT2D eigenvalue weighted by Gasteiger charge is -2.44. The molecule has 0 unspecified atom stereocenters. The van der Waals surface area contributed by atoms with Crippen molar-refractivity contribution in [2.75, 3.05) is 43.6 Å². The molecule has 0 saturated carbocycles. The van der Waals surface area contributed by atoms with E-state index in [-0.39, 0.29) is 11.5 Å². The quantitative estimate of drug-likeness (QED) is 0.370. The van der Waals surface area contributed by atoms with Gasteiger partial charge in [0.1, 0.15) is 5.75 Å². The van der Waals surface area contributed by atoms with E-state index in [4.69, 9.17) is 4.74 Å². The fourth-order valence-corrected chi connectivity index (χ4v) is 6.26. The van der Waals surface area contributed by atoms with Crippen LogP contribution in [0.5, 0.6) is 5.75 Å². The number of aromatic nitrogens is 1. The monoisotopic (exact) mass is 536 g/mol. The first-order chi connectivity index (χ1) is 19.3. The molecule has 1 saturated heterocycles. The first kappa shape index (κ1) is 26.1. The maximum absolute atomic E-state index is 14.2. The molecule has 0 N–H and O–H groups in total. The molecule has 2 atom stereocenters. The van der Waals surface area contributed by atoms with Gasteiger partial charge >= 0.3 is 0 Å². The van der Waals surface area contributed by atoms with Crippen molar-refractivity contribution in [1.29, 1.82) is 0 Å². The van der Waals surface area contributed by atoms with Crippen molar-refractivity contribution >= 4 is 28.1 Å². The maximum atomic E-state index is 14.2. The smallest absolute Gasteiger partial charge is 0.258 e. The average molecular weight is 537 g/mol.